The van der Waals surface area contributed by atoms with E-state index in [4.69, 9.17) is 4.42 Å². The van der Waals surface area contributed by atoms with Crippen LogP contribution in [0.1, 0.15) is 18.4 Å². The van der Waals surface area contributed by atoms with Gasteiger partial charge in [0.05, 0.1) is 5.75 Å². The van der Waals surface area contributed by atoms with E-state index in [0.29, 0.717) is 5.75 Å². The first-order valence-electron chi connectivity index (χ1n) is 4.07. The van der Waals surface area contributed by atoms with Crippen molar-refractivity contribution in [2.75, 3.05) is 5.75 Å². The second-order valence-corrected chi connectivity index (χ2v) is 4.93. The lowest BCUT2D eigenvalue weighted by Gasteiger charge is -1.95. The summed E-state index contributed by atoms with van der Waals surface area (Å²) in [7, 11) is 0. The molecule has 0 aliphatic carbocycles. The predicted octanol–water partition coefficient (Wildman–Crippen LogP) is 3.69. The number of aryl methyl sites for hydroxylation is 1. The van der Waals surface area contributed by atoms with Gasteiger partial charge in [-0.3, -0.25) is 4.79 Å². The molecule has 0 saturated carbocycles. The summed E-state index contributed by atoms with van der Waals surface area (Å²) < 4.78 is 5.49. The third kappa shape index (κ3) is 3.91. The fourth-order valence-electron chi connectivity index (χ4n) is 0.852. The number of hydrogen-bond donors (Lipinski definition) is 0. The van der Waals surface area contributed by atoms with Crippen molar-refractivity contribution in [2.24, 2.45) is 0 Å². The number of rotatable bonds is 3. The van der Waals surface area contributed by atoms with Crippen molar-refractivity contribution in [3.8, 4) is 0 Å². The van der Waals surface area contributed by atoms with Gasteiger partial charge in [0.25, 0.3) is 0 Å². The smallest absolute Gasteiger partial charge is 0.246 e. The molecule has 0 aliphatic rings. The molecule has 0 aromatic carbocycles. The van der Waals surface area contributed by atoms with Gasteiger partial charge in [-0.05, 0) is 24.8 Å². The van der Waals surface area contributed by atoms with Gasteiger partial charge in [-0.15, -0.1) is 0 Å². The number of thioether (sulfide) groups is 2. The van der Waals surface area contributed by atoms with Crippen molar-refractivity contribution in [2.45, 2.75) is 19.6 Å². The van der Waals surface area contributed by atoms with Crippen LogP contribution in [0.4, 0.5) is 4.79 Å². The van der Waals surface area contributed by atoms with Gasteiger partial charge < -0.3 is 4.42 Å². The Bertz CT molecular complexity index is 281. The van der Waals surface area contributed by atoms with Crippen LogP contribution in [0, 0.1) is 6.92 Å². The summed E-state index contributed by atoms with van der Waals surface area (Å²) >= 11 is 2.64. The molecule has 0 bridgehead atoms. The molecule has 0 amide bonds. The second kappa shape index (κ2) is 5.40. The molecule has 1 rings (SSSR count). The third-order valence-electron chi connectivity index (χ3n) is 1.39. The summed E-state index contributed by atoms with van der Waals surface area (Å²) in [5.41, 5.74) is 0. The summed E-state index contributed by atoms with van der Waals surface area (Å²) in [5, 5.41) is 0. The quantitative estimate of drug-likeness (QED) is 0.770. The Balaban J connectivity index is 2.30. The van der Waals surface area contributed by atoms with E-state index in [9.17, 15) is 4.79 Å². The van der Waals surface area contributed by atoms with Gasteiger partial charge in [0.1, 0.15) is 11.5 Å². The highest BCUT2D eigenvalue weighted by atomic mass is 32.2. The summed E-state index contributed by atoms with van der Waals surface area (Å²) in [5.74, 6) is 3.24. The van der Waals surface area contributed by atoms with Gasteiger partial charge in [-0.2, -0.15) is 0 Å². The van der Waals surface area contributed by atoms with Gasteiger partial charge in [0.2, 0.25) is 4.45 Å². The highest BCUT2D eigenvalue weighted by Gasteiger charge is 2.04. The molecule has 0 N–H and O–H groups in total. The van der Waals surface area contributed by atoms with E-state index >= 15 is 0 Å². The lowest BCUT2D eigenvalue weighted by molar-refractivity contribution is 0.276. The third-order valence-corrected chi connectivity index (χ3v) is 3.29. The normalized spacial score (nSPS) is 10.3. The van der Waals surface area contributed by atoms with Crippen LogP contribution in [0.2, 0.25) is 0 Å². The first kappa shape index (κ1) is 10.7. The largest absolute Gasteiger partial charge is 0.465 e. The van der Waals surface area contributed by atoms with E-state index in [-0.39, 0.29) is 4.45 Å². The van der Waals surface area contributed by atoms with Crippen LogP contribution in [0.5, 0.6) is 0 Å². The summed E-state index contributed by atoms with van der Waals surface area (Å²) in [6, 6.07) is 3.82. The zero-order valence-corrected chi connectivity index (χ0v) is 9.33. The second-order valence-electron chi connectivity index (χ2n) is 2.48. The summed E-state index contributed by atoms with van der Waals surface area (Å²) in [6.07, 6.45) is 0. The average molecular weight is 216 g/mol. The van der Waals surface area contributed by atoms with Crippen LogP contribution in [0.25, 0.3) is 0 Å². The standard InChI is InChI=1S/C9H12O2S2/c1-3-12-9(10)13-6-8-5-4-7(2)11-8/h4-5H,3,6H2,1-2H3. The lowest BCUT2D eigenvalue weighted by Crippen LogP contribution is -1.83. The zero-order valence-electron chi connectivity index (χ0n) is 7.70. The highest BCUT2D eigenvalue weighted by molar-refractivity contribution is 8.38. The lowest BCUT2D eigenvalue weighted by atomic mass is 10.5. The molecule has 13 heavy (non-hydrogen) atoms. The van der Waals surface area contributed by atoms with E-state index in [1.807, 2.05) is 26.0 Å². The van der Waals surface area contributed by atoms with Crippen LogP contribution < -0.4 is 0 Å². The van der Waals surface area contributed by atoms with Gasteiger partial charge in [-0.25, -0.2) is 0 Å². The van der Waals surface area contributed by atoms with Crippen molar-refractivity contribution in [3.05, 3.63) is 23.7 Å². The van der Waals surface area contributed by atoms with Crippen LogP contribution >= 0.6 is 23.5 Å². The van der Waals surface area contributed by atoms with E-state index in [2.05, 4.69) is 0 Å². The van der Waals surface area contributed by atoms with Gasteiger partial charge in [0.15, 0.2) is 0 Å². The molecule has 4 heteroatoms. The van der Waals surface area contributed by atoms with Crippen LogP contribution in [-0.2, 0) is 5.75 Å². The number of carbonyl (C=O) groups is 1. The molecule has 0 aliphatic heterocycles. The minimum Gasteiger partial charge on any atom is -0.465 e. The fourth-order valence-corrected chi connectivity index (χ4v) is 2.37. The molecule has 2 nitrogen and oxygen atoms in total. The molecule has 0 atom stereocenters. The molecule has 1 aromatic rings. The van der Waals surface area contributed by atoms with Crippen LogP contribution in [0.15, 0.2) is 16.5 Å². The van der Waals surface area contributed by atoms with Crippen molar-refractivity contribution in [1.29, 1.82) is 0 Å². The Morgan fingerprint density at radius 3 is 2.77 bits per heavy atom. The topological polar surface area (TPSA) is 30.2 Å². The number of furan rings is 1. The number of carbonyl (C=O) groups excluding carboxylic acids is 1. The van der Waals surface area contributed by atoms with Gasteiger partial charge >= 0.3 is 0 Å². The SMILES string of the molecule is CCSC(=O)SCc1ccc(C)o1. The minimum atomic E-state index is 0.163. The Morgan fingerprint density at radius 2 is 2.23 bits per heavy atom. The fraction of sp³-hybridized carbons (Fsp3) is 0.444. The zero-order chi connectivity index (χ0) is 9.68. The minimum absolute atomic E-state index is 0.163. The van der Waals surface area contributed by atoms with Gasteiger partial charge in [-0.1, -0.05) is 30.4 Å². The first-order valence-corrected chi connectivity index (χ1v) is 6.04. The number of hydrogen-bond acceptors (Lipinski definition) is 4. The van der Waals surface area contributed by atoms with E-state index in [1.54, 1.807) is 0 Å². The van der Waals surface area contributed by atoms with Crippen molar-refractivity contribution in [1.82, 2.24) is 0 Å². The summed E-state index contributed by atoms with van der Waals surface area (Å²) in [4.78, 5) is 11.1. The molecule has 1 aromatic heterocycles. The van der Waals surface area contributed by atoms with Crippen molar-refractivity contribution in [3.63, 3.8) is 0 Å². The molecule has 72 valence electrons. The maximum atomic E-state index is 11.1. The Hall–Kier alpha value is -0.350. The molecule has 0 spiro atoms. The Kier molecular flexibility index (Phi) is 4.45. The van der Waals surface area contributed by atoms with E-state index in [1.165, 1.54) is 23.5 Å². The maximum Gasteiger partial charge on any atom is 0.246 e. The van der Waals surface area contributed by atoms with Crippen LogP contribution in [-0.4, -0.2) is 10.2 Å². The molecular formula is C9H12O2S2. The van der Waals surface area contributed by atoms with Gasteiger partial charge in [0, 0.05) is 0 Å². The monoisotopic (exact) mass is 216 g/mol. The van der Waals surface area contributed by atoms with E-state index in [0.717, 1.165) is 17.3 Å². The Morgan fingerprint density at radius 1 is 1.46 bits per heavy atom. The molecule has 0 fully saturated rings. The molecule has 0 saturated heterocycles. The molecule has 0 radical (unpaired) electrons. The van der Waals surface area contributed by atoms with Crippen LogP contribution in [0.3, 0.4) is 0 Å². The summed E-state index contributed by atoms with van der Waals surface area (Å²) in [6.45, 7) is 3.87. The molecule has 0 unspecified atom stereocenters. The average Bonchev–Trinajstić information content (AvgIpc) is 2.49. The first-order chi connectivity index (χ1) is 6.22. The van der Waals surface area contributed by atoms with E-state index < -0.39 is 0 Å². The maximum absolute atomic E-state index is 11.1. The molecule has 1 heterocycles. The predicted molar refractivity (Wildman–Crippen MR) is 58.3 cm³/mol. The molecular weight excluding hydrogens is 204 g/mol. The van der Waals surface area contributed by atoms with Crippen molar-refractivity contribution >= 4 is 28.0 Å². The van der Waals surface area contributed by atoms with Crippen molar-refractivity contribution < 1.29 is 9.21 Å². The Labute approximate surface area is 86.5 Å². The highest BCUT2D eigenvalue weighted by Crippen LogP contribution is 2.21.